The summed E-state index contributed by atoms with van der Waals surface area (Å²) in [7, 11) is 3.16. The zero-order valence-electron chi connectivity index (χ0n) is 18.0. The molecule has 0 aliphatic carbocycles. The number of aromatic nitrogens is 1. The Morgan fingerprint density at radius 3 is 2.52 bits per heavy atom. The first kappa shape index (κ1) is 22.1. The number of fused-ring (bicyclic) bond motifs is 1. The van der Waals surface area contributed by atoms with Crippen molar-refractivity contribution in [3.8, 4) is 11.5 Å². The lowest BCUT2D eigenvalue weighted by Gasteiger charge is -2.07. The van der Waals surface area contributed by atoms with Crippen LogP contribution in [0.4, 0.5) is 15.5 Å². The third kappa shape index (κ3) is 5.58. The third-order valence-electron chi connectivity index (χ3n) is 4.77. The number of urea groups is 1. The smallest absolute Gasteiger partial charge is 0.324 e. The number of nitrogens with zero attached hydrogens (tertiary/aromatic N) is 1. The lowest BCUT2D eigenvalue weighted by atomic mass is 10.2. The van der Waals surface area contributed by atoms with E-state index in [2.05, 4.69) is 20.9 Å². The number of hydrogen-bond acceptors (Lipinski definition) is 6. The lowest BCUT2D eigenvalue weighted by Crippen LogP contribution is -2.19. The molecule has 3 amide bonds. The van der Waals surface area contributed by atoms with Gasteiger partial charge in [-0.2, -0.15) is 0 Å². The largest absolute Gasteiger partial charge is 0.497 e. The minimum absolute atomic E-state index is 0.243. The molecular formula is C24H22N4O4S. The van der Waals surface area contributed by atoms with Gasteiger partial charge in [-0.1, -0.05) is 0 Å². The monoisotopic (exact) mass is 462 g/mol. The number of rotatable bonds is 7. The molecule has 33 heavy (non-hydrogen) atoms. The van der Waals surface area contributed by atoms with Crippen molar-refractivity contribution < 1.29 is 19.1 Å². The van der Waals surface area contributed by atoms with E-state index in [-0.39, 0.29) is 11.9 Å². The summed E-state index contributed by atoms with van der Waals surface area (Å²) in [6, 6.07) is 17.9. The molecule has 0 aliphatic heterocycles. The van der Waals surface area contributed by atoms with Gasteiger partial charge >= 0.3 is 6.03 Å². The highest BCUT2D eigenvalue weighted by Gasteiger charge is 2.09. The quantitative estimate of drug-likeness (QED) is 0.363. The van der Waals surface area contributed by atoms with Crippen LogP contribution in [-0.2, 0) is 6.61 Å². The van der Waals surface area contributed by atoms with Crippen LogP contribution in [0.1, 0.15) is 16.1 Å². The number of methoxy groups -OCH3 is 1. The number of ether oxygens (including phenoxy) is 2. The van der Waals surface area contributed by atoms with Gasteiger partial charge in [0.25, 0.3) is 5.91 Å². The molecule has 0 aliphatic rings. The number of thiophene rings is 1. The molecular weight excluding hydrogens is 440 g/mol. The highest BCUT2D eigenvalue weighted by Crippen LogP contribution is 2.33. The van der Waals surface area contributed by atoms with Crippen molar-refractivity contribution in [2.24, 2.45) is 0 Å². The average molecular weight is 463 g/mol. The standard InChI is InChI=1S/C24H22N4O4S/c1-25-23(29)20-11-15(9-10-26-20)14-32-19-6-3-16-12-22(33-21(16)13-19)28-24(30)27-17-4-7-18(31-2)8-5-17/h3-13H,14H2,1-2H3,(H,25,29)(H2,27,28,30). The van der Waals surface area contributed by atoms with Crippen LogP contribution in [0.3, 0.4) is 0 Å². The van der Waals surface area contributed by atoms with E-state index in [9.17, 15) is 9.59 Å². The lowest BCUT2D eigenvalue weighted by molar-refractivity contribution is 0.0958. The molecule has 0 saturated carbocycles. The first-order valence-corrected chi connectivity index (χ1v) is 10.9. The van der Waals surface area contributed by atoms with Gasteiger partial charge in [-0.3, -0.25) is 15.1 Å². The van der Waals surface area contributed by atoms with E-state index in [1.165, 1.54) is 11.3 Å². The normalized spacial score (nSPS) is 10.5. The molecule has 168 valence electrons. The Labute approximate surface area is 194 Å². The van der Waals surface area contributed by atoms with E-state index in [0.717, 1.165) is 26.4 Å². The van der Waals surface area contributed by atoms with Gasteiger partial charge in [0.1, 0.15) is 23.8 Å². The van der Waals surface area contributed by atoms with Crippen molar-refractivity contribution in [2.45, 2.75) is 6.61 Å². The molecule has 3 N–H and O–H groups in total. The second-order valence-electron chi connectivity index (χ2n) is 7.04. The summed E-state index contributed by atoms with van der Waals surface area (Å²) in [5, 5.41) is 9.93. The zero-order valence-corrected chi connectivity index (χ0v) is 18.9. The molecule has 9 heteroatoms. The molecule has 2 aromatic heterocycles. The SMILES string of the molecule is CNC(=O)c1cc(COc2ccc3cc(NC(=O)Nc4ccc(OC)cc4)sc3c2)ccn1. The molecule has 0 fully saturated rings. The Morgan fingerprint density at radius 2 is 1.76 bits per heavy atom. The van der Waals surface area contributed by atoms with Crippen molar-refractivity contribution in [3.05, 3.63) is 78.1 Å². The van der Waals surface area contributed by atoms with E-state index in [0.29, 0.717) is 23.7 Å². The molecule has 0 bridgehead atoms. The number of pyridine rings is 1. The molecule has 0 radical (unpaired) electrons. The Morgan fingerprint density at radius 1 is 0.970 bits per heavy atom. The van der Waals surface area contributed by atoms with Crippen LogP contribution in [0.25, 0.3) is 10.1 Å². The van der Waals surface area contributed by atoms with E-state index in [4.69, 9.17) is 9.47 Å². The third-order valence-corrected chi connectivity index (χ3v) is 5.78. The summed E-state index contributed by atoms with van der Waals surface area (Å²) in [5.74, 6) is 1.17. The Hall–Kier alpha value is -4.11. The van der Waals surface area contributed by atoms with E-state index in [1.54, 1.807) is 56.8 Å². The molecule has 8 nitrogen and oxygen atoms in total. The van der Waals surface area contributed by atoms with Gasteiger partial charge in [0.2, 0.25) is 0 Å². The summed E-state index contributed by atoms with van der Waals surface area (Å²) in [6.45, 7) is 0.304. The van der Waals surface area contributed by atoms with Gasteiger partial charge in [0.15, 0.2) is 0 Å². The average Bonchev–Trinajstić information content (AvgIpc) is 3.24. The van der Waals surface area contributed by atoms with Gasteiger partial charge in [0, 0.05) is 23.6 Å². The highest BCUT2D eigenvalue weighted by molar-refractivity contribution is 7.23. The van der Waals surface area contributed by atoms with Crippen LogP contribution < -0.4 is 25.4 Å². The van der Waals surface area contributed by atoms with Gasteiger partial charge < -0.3 is 20.1 Å². The van der Waals surface area contributed by atoms with Crippen LogP contribution in [0.15, 0.2) is 66.9 Å². The van der Waals surface area contributed by atoms with Gasteiger partial charge in [0.05, 0.1) is 12.1 Å². The van der Waals surface area contributed by atoms with Crippen molar-refractivity contribution in [3.63, 3.8) is 0 Å². The van der Waals surface area contributed by atoms with Crippen molar-refractivity contribution >= 4 is 44.0 Å². The molecule has 0 unspecified atom stereocenters. The van der Waals surface area contributed by atoms with Crippen molar-refractivity contribution in [1.29, 1.82) is 0 Å². The van der Waals surface area contributed by atoms with E-state index < -0.39 is 0 Å². The topological polar surface area (TPSA) is 102 Å². The molecule has 0 spiro atoms. The number of carbonyl (C=O) groups is 2. The number of anilines is 2. The van der Waals surface area contributed by atoms with Crippen LogP contribution in [0.5, 0.6) is 11.5 Å². The number of benzene rings is 2. The number of hydrogen-bond donors (Lipinski definition) is 3. The fourth-order valence-electron chi connectivity index (χ4n) is 3.09. The first-order chi connectivity index (χ1) is 16.0. The Kier molecular flexibility index (Phi) is 6.70. The fourth-order valence-corrected chi connectivity index (χ4v) is 4.08. The summed E-state index contributed by atoms with van der Waals surface area (Å²) < 4.78 is 12.0. The second-order valence-corrected chi connectivity index (χ2v) is 8.12. The summed E-state index contributed by atoms with van der Waals surface area (Å²) in [5.41, 5.74) is 1.85. The number of amides is 3. The predicted octanol–water partition coefficient (Wildman–Crippen LogP) is 4.89. The van der Waals surface area contributed by atoms with E-state index in [1.807, 2.05) is 24.3 Å². The molecule has 0 atom stereocenters. The fraction of sp³-hybridized carbons (Fsp3) is 0.125. The summed E-state index contributed by atoms with van der Waals surface area (Å²) in [4.78, 5) is 28.1. The van der Waals surface area contributed by atoms with Crippen LogP contribution >= 0.6 is 11.3 Å². The van der Waals surface area contributed by atoms with Crippen LogP contribution in [0, 0.1) is 0 Å². The Balaban J connectivity index is 1.38. The van der Waals surface area contributed by atoms with Crippen molar-refractivity contribution in [2.75, 3.05) is 24.8 Å². The maximum atomic E-state index is 12.3. The molecule has 4 aromatic rings. The zero-order chi connectivity index (χ0) is 23.2. The summed E-state index contributed by atoms with van der Waals surface area (Å²) >= 11 is 1.45. The minimum Gasteiger partial charge on any atom is -0.497 e. The maximum absolute atomic E-state index is 12.3. The number of nitrogens with one attached hydrogen (secondary N) is 3. The molecule has 2 heterocycles. The maximum Gasteiger partial charge on any atom is 0.324 e. The molecule has 2 aromatic carbocycles. The Bertz CT molecular complexity index is 1290. The van der Waals surface area contributed by atoms with Crippen molar-refractivity contribution in [1.82, 2.24) is 10.3 Å². The van der Waals surface area contributed by atoms with Gasteiger partial charge in [-0.25, -0.2) is 4.79 Å². The van der Waals surface area contributed by atoms with Crippen LogP contribution in [-0.4, -0.2) is 31.1 Å². The van der Waals surface area contributed by atoms with Crippen LogP contribution in [0.2, 0.25) is 0 Å². The molecule has 4 rings (SSSR count). The van der Waals surface area contributed by atoms with Gasteiger partial charge in [-0.15, -0.1) is 11.3 Å². The first-order valence-electron chi connectivity index (χ1n) is 10.1. The second kappa shape index (κ2) is 10.0. The number of carbonyl (C=O) groups excluding carboxylic acids is 2. The minimum atomic E-state index is -0.326. The van der Waals surface area contributed by atoms with E-state index >= 15 is 0 Å². The highest BCUT2D eigenvalue weighted by atomic mass is 32.1. The predicted molar refractivity (Wildman–Crippen MR) is 129 cm³/mol. The van der Waals surface area contributed by atoms with Gasteiger partial charge in [-0.05, 0) is 71.6 Å². The molecule has 0 saturated heterocycles. The summed E-state index contributed by atoms with van der Waals surface area (Å²) in [6.07, 6.45) is 1.58.